The molecule has 0 aromatic heterocycles. The van der Waals surface area contributed by atoms with Crippen molar-refractivity contribution in [2.45, 2.75) is 65.2 Å². The van der Waals surface area contributed by atoms with Crippen molar-refractivity contribution in [2.24, 2.45) is 0 Å². The third kappa shape index (κ3) is 6.66. The number of hydrogen-bond donors (Lipinski definition) is 0. The van der Waals surface area contributed by atoms with Crippen LogP contribution in [0.4, 0.5) is 8.78 Å². The second kappa shape index (κ2) is 12.4. The van der Waals surface area contributed by atoms with Gasteiger partial charge in [0, 0.05) is 11.1 Å². The number of unbranched alkanes of at least 4 members (excludes halogenated alkanes) is 5. The quantitative estimate of drug-likeness (QED) is 0.257. The van der Waals surface area contributed by atoms with Crippen LogP contribution in [0.3, 0.4) is 0 Å². The summed E-state index contributed by atoms with van der Waals surface area (Å²) in [5.41, 5.74) is 3.25. The van der Waals surface area contributed by atoms with E-state index in [4.69, 9.17) is 4.74 Å². The average Bonchev–Trinajstić information content (AvgIpc) is 2.80. The SMILES string of the molecule is CCCCCCOc1ccc(-c2ccc(-c3ccc(CCCCC)cc3F)cc2F)cc1. The minimum absolute atomic E-state index is 0.299. The summed E-state index contributed by atoms with van der Waals surface area (Å²) < 4.78 is 35.4. The van der Waals surface area contributed by atoms with Gasteiger partial charge in [-0.25, -0.2) is 8.78 Å². The molecular formula is C29H34F2O. The highest BCUT2D eigenvalue weighted by atomic mass is 19.1. The smallest absolute Gasteiger partial charge is 0.131 e. The standard InChI is InChI=1S/C29H34F2O/c1-3-5-7-9-19-32-25-15-12-23(13-16-25)26-18-14-24(21-29(26)31)27-17-11-22(20-28(27)30)10-8-6-4-2/h11-18,20-21H,3-10,19H2,1-2H3. The molecule has 32 heavy (non-hydrogen) atoms. The molecule has 0 N–H and O–H groups in total. The van der Waals surface area contributed by atoms with Crippen LogP contribution in [-0.4, -0.2) is 6.61 Å². The first-order chi connectivity index (χ1) is 15.6. The Morgan fingerprint density at radius 3 is 1.94 bits per heavy atom. The van der Waals surface area contributed by atoms with Gasteiger partial charge in [-0.3, -0.25) is 0 Å². The molecule has 0 atom stereocenters. The van der Waals surface area contributed by atoms with E-state index in [9.17, 15) is 8.78 Å². The number of hydrogen-bond acceptors (Lipinski definition) is 1. The molecule has 0 aliphatic carbocycles. The van der Waals surface area contributed by atoms with Crippen molar-refractivity contribution in [2.75, 3.05) is 6.61 Å². The number of ether oxygens (including phenoxy) is 1. The molecule has 0 spiro atoms. The Kier molecular flexibility index (Phi) is 9.27. The third-order valence-electron chi connectivity index (χ3n) is 5.81. The Morgan fingerprint density at radius 1 is 0.625 bits per heavy atom. The van der Waals surface area contributed by atoms with Crippen LogP contribution in [0.15, 0.2) is 60.7 Å². The normalized spacial score (nSPS) is 11.0. The first kappa shape index (κ1) is 24.0. The van der Waals surface area contributed by atoms with Crippen molar-refractivity contribution < 1.29 is 13.5 Å². The molecule has 170 valence electrons. The molecule has 0 amide bonds. The molecule has 0 saturated heterocycles. The van der Waals surface area contributed by atoms with Crippen LogP contribution in [0.2, 0.25) is 0 Å². The summed E-state index contributed by atoms with van der Waals surface area (Å²) in [5, 5.41) is 0. The van der Waals surface area contributed by atoms with Gasteiger partial charge in [-0.15, -0.1) is 0 Å². The fraction of sp³-hybridized carbons (Fsp3) is 0.379. The molecule has 3 rings (SSSR count). The van der Waals surface area contributed by atoms with Crippen LogP contribution >= 0.6 is 0 Å². The molecular weight excluding hydrogens is 402 g/mol. The fourth-order valence-corrected chi connectivity index (χ4v) is 3.89. The fourth-order valence-electron chi connectivity index (χ4n) is 3.89. The van der Waals surface area contributed by atoms with Crippen LogP contribution in [0.1, 0.15) is 64.4 Å². The maximum atomic E-state index is 14.9. The zero-order chi connectivity index (χ0) is 22.8. The summed E-state index contributed by atoms with van der Waals surface area (Å²) in [6.45, 7) is 5.04. The lowest BCUT2D eigenvalue weighted by molar-refractivity contribution is 0.305. The van der Waals surface area contributed by atoms with E-state index < -0.39 is 0 Å². The van der Waals surface area contributed by atoms with E-state index in [0.29, 0.717) is 23.3 Å². The monoisotopic (exact) mass is 436 g/mol. The molecule has 3 aromatic carbocycles. The minimum Gasteiger partial charge on any atom is -0.494 e. The van der Waals surface area contributed by atoms with Gasteiger partial charge in [0.15, 0.2) is 0 Å². The van der Waals surface area contributed by atoms with Gasteiger partial charge < -0.3 is 4.74 Å². The lowest BCUT2D eigenvalue weighted by Gasteiger charge is -2.10. The number of aryl methyl sites for hydroxylation is 1. The summed E-state index contributed by atoms with van der Waals surface area (Å²) in [6, 6.07) is 17.7. The average molecular weight is 437 g/mol. The van der Waals surface area contributed by atoms with Crippen LogP contribution in [0.25, 0.3) is 22.3 Å². The van der Waals surface area contributed by atoms with Gasteiger partial charge in [-0.2, -0.15) is 0 Å². The zero-order valence-corrected chi connectivity index (χ0v) is 19.3. The Bertz CT molecular complexity index is 979. The van der Waals surface area contributed by atoms with Gasteiger partial charge in [-0.1, -0.05) is 82.3 Å². The maximum Gasteiger partial charge on any atom is 0.131 e. The Balaban J connectivity index is 1.67. The van der Waals surface area contributed by atoms with Gasteiger partial charge in [-0.05, 0) is 60.2 Å². The molecule has 0 unspecified atom stereocenters. The second-order valence-corrected chi connectivity index (χ2v) is 8.40. The summed E-state index contributed by atoms with van der Waals surface area (Å²) >= 11 is 0. The van der Waals surface area contributed by atoms with E-state index in [0.717, 1.165) is 49.0 Å². The van der Waals surface area contributed by atoms with E-state index in [1.165, 1.54) is 25.3 Å². The van der Waals surface area contributed by atoms with Crippen molar-refractivity contribution in [1.29, 1.82) is 0 Å². The van der Waals surface area contributed by atoms with Gasteiger partial charge in [0.1, 0.15) is 17.4 Å². The number of benzene rings is 3. The van der Waals surface area contributed by atoms with E-state index in [2.05, 4.69) is 13.8 Å². The highest BCUT2D eigenvalue weighted by Crippen LogP contribution is 2.31. The predicted octanol–water partition coefficient (Wildman–Crippen LogP) is 8.99. The largest absolute Gasteiger partial charge is 0.494 e. The molecule has 0 aliphatic rings. The van der Waals surface area contributed by atoms with Crippen molar-refractivity contribution >= 4 is 0 Å². The van der Waals surface area contributed by atoms with Crippen LogP contribution in [0, 0.1) is 11.6 Å². The third-order valence-corrected chi connectivity index (χ3v) is 5.81. The summed E-state index contributed by atoms with van der Waals surface area (Å²) in [5.74, 6) is 0.136. The number of rotatable bonds is 12. The summed E-state index contributed by atoms with van der Waals surface area (Å²) in [7, 11) is 0. The number of halogens is 2. The molecule has 0 heterocycles. The molecule has 3 heteroatoms. The van der Waals surface area contributed by atoms with E-state index in [1.807, 2.05) is 30.3 Å². The van der Waals surface area contributed by atoms with Gasteiger partial charge in [0.25, 0.3) is 0 Å². The minimum atomic E-state index is -0.359. The molecule has 0 bridgehead atoms. The highest BCUT2D eigenvalue weighted by Gasteiger charge is 2.11. The van der Waals surface area contributed by atoms with E-state index in [-0.39, 0.29) is 11.6 Å². The van der Waals surface area contributed by atoms with Crippen LogP contribution in [-0.2, 0) is 6.42 Å². The van der Waals surface area contributed by atoms with Gasteiger partial charge in [0.05, 0.1) is 6.61 Å². The van der Waals surface area contributed by atoms with Crippen molar-refractivity contribution in [1.82, 2.24) is 0 Å². The van der Waals surface area contributed by atoms with E-state index >= 15 is 0 Å². The van der Waals surface area contributed by atoms with Crippen LogP contribution in [0.5, 0.6) is 5.75 Å². The Hall–Kier alpha value is -2.68. The van der Waals surface area contributed by atoms with Crippen molar-refractivity contribution in [3.63, 3.8) is 0 Å². The second-order valence-electron chi connectivity index (χ2n) is 8.40. The highest BCUT2D eigenvalue weighted by molar-refractivity contribution is 5.71. The first-order valence-corrected chi connectivity index (χ1v) is 11.9. The Morgan fingerprint density at radius 2 is 1.25 bits per heavy atom. The maximum absolute atomic E-state index is 14.9. The molecule has 0 radical (unpaired) electrons. The topological polar surface area (TPSA) is 9.23 Å². The Labute approximate surface area is 191 Å². The molecule has 0 aliphatic heterocycles. The van der Waals surface area contributed by atoms with Crippen LogP contribution < -0.4 is 4.74 Å². The summed E-state index contributed by atoms with van der Waals surface area (Å²) in [4.78, 5) is 0. The van der Waals surface area contributed by atoms with E-state index in [1.54, 1.807) is 24.3 Å². The lowest BCUT2D eigenvalue weighted by Crippen LogP contribution is -1.97. The summed E-state index contributed by atoms with van der Waals surface area (Å²) in [6.07, 6.45) is 8.86. The predicted molar refractivity (Wildman–Crippen MR) is 130 cm³/mol. The molecule has 0 fully saturated rings. The van der Waals surface area contributed by atoms with Gasteiger partial charge in [0.2, 0.25) is 0 Å². The van der Waals surface area contributed by atoms with Gasteiger partial charge >= 0.3 is 0 Å². The zero-order valence-electron chi connectivity index (χ0n) is 19.3. The lowest BCUT2D eigenvalue weighted by atomic mass is 9.97. The van der Waals surface area contributed by atoms with Crippen molar-refractivity contribution in [3.8, 4) is 28.0 Å². The van der Waals surface area contributed by atoms with Crippen molar-refractivity contribution in [3.05, 3.63) is 77.9 Å². The molecule has 0 saturated carbocycles. The molecule has 1 nitrogen and oxygen atoms in total. The first-order valence-electron chi connectivity index (χ1n) is 11.9. The molecule has 3 aromatic rings.